The fraction of sp³-hybridized carbons (Fsp3) is 0.0625. The lowest BCUT2D eigenvalue weighted by molar-refractivity contribution is -0.115. The Kier molecular flexibility index (Phi) is 3.91. The number of anilines is 1. The summed E-state index contributed by atoms with van der Waals surface area (Å²) in [5, 5.41) is 9.30. The number of halogens is 1. The minimum Gasteiger partial charge on any atom is -0.293 e. The molecule has 110 valence electrons. The van der Waals surface area contributed by atoms with Crippen molar-refractivity contribution in [3.63, 3.8) is 0 Å². The average molecular weight is 296 g/mol. The topological polar surface area (TPSA) is 70.7 Å². The lowest BCUT2D eigenvalue weighted by Gasteiger charge is -2.01. The third-order valence-corrected chi connectivity index (χ3v) is 3.04. The fourth-order valence-electron chi connectivity index (χ4n) is 2.04. The molecule has 0 saturated heterocycles. The number of aromatic amines is 1. The standard InChI is InChI=1S/C16H13FN4O/c17-13-8-4-5-11(9-13)10-14(22)18-16-19-15(20-21-16)12-6-2-1-3-7-12/h1-9H,10H2,(H2,18,19,20,21,22). The number of hydrogen-bond donors (Lipinski definition) is 2. The molecule has 0 fully saturated rings. The maximum absolute atomic E-state index is 13.1. The highest BCUT2D eigenvalue weighted by Gasteiger charge is 2.09. The number of carbonyl (C=O) groups excluding carboxylic acids is 1. The van der Waals surface area contributed by atoms with E-state index in [0.29, 0.717) is 11.4 Å². The highest BCUT2D eigenvalue weighted by Crippen LogP contribution is 2.15. The molecule has 0 aliphatic rings. The number of amides is 1. The summed E-state index contributed by atoms with van der Waals surface area (Å²) in [6.07, 6.45) is 0.0625. The summed E-state index contributed by atoms with van der Waals surface area (Å²) in [5.41, 5.74) is 1.47. The molecule has 0 atom stereocenters. The quantitative estimate of drug-likeness (QED) is 0.777. The molecular formula is C16H13FN4O. The van der Waals surface area contributed by atoms with Gasteiger partial charge in [0, 0.05) is 5.56 Å². The first-order chi connectivity index (χ1) is 10.7. The summed E-state index contributed by atoms with van der Waals surface area (Å²) in [7, 11) is 0. The smallest absolute Gasteiger partial charge is 0.249 e. The molecule has 0 bridgehead atoms. The summed E-state index contributed by atoms with van der Waals surface area (Å²) in [6, 6.07) is 15.4. The van der Waals surface area contributed by atoms with Crippen LogP contribution in [-0.4, -0.2) is 21.1 Å². The number of rotatable bonds is 4. The van der Waals surface area contributed by atoms with Crippen LogP contribution in [0.25, 0.3) is 11.4 Å². The summed E-state index contributed by atoms with van der Waals surface area (Å²) in [4.78, 5) is 16.1. The fourth-order valence-corrected chi connectivity index (χ4v) is 2.04. The normalized spacial score (nSPS) is 10.4. The van der Waals surface area contributed by atoms with E-state index in [0.717, 1.165) is 5.56 Å². The van der Waals surface area contributed by atoms with E-state index in [-0.39, 0.29) is 24.1 Å². The van der Waals surface area contributed by atoms with Crippen molar-refractivity contribution in [3.05, 3.63) is 66.0 Å². The third kappa shape index (κ3) is 3.35. The largest absolute Gasteiger partial charge is 0.293 e. The Morgan fingerprint density at radius 1 is 1.14 bits per heavy atom. The van der Waals surface area contributed by atoms with Crippen molar-refractivity contribution in [2.24, 2.45) is 0 Å². The summed E-state index contributed by atoms with van der Waals surface area (Å²) in [5.74, 6) is 0.0979. The molecule has 3 aromatic rings. The first kappa shape index (κ1) is 13.9. The number of benzene rings is 2. The van der Waals surface area contributed by atoms with Crippen molar-refractivity contribution in [3.8, 4) is 11.4 Å². The number of hydrogen-bond acceptors (Lipinski definition) is 3. The van der Waals surface area contributed by atoms with Crippen molar-refractivity contribution in [1.29, 1.82) is 0 Å². The summed E-state index contributed by atoms with van der Waals surface area (Å²) in [6.45, 7) is 0. The Labute approximate surface area is 126 Å². The van der Waals surface area contributed by atoms with E-state index in [4.69, 9.17) is 0 Å². The van der Waals surface area contributed by atoms with Crippen LogP contribution < -0.4 is 5.32 Å². The molecule has 1 aromatic heterocycles. The lowest BCUT2D eigenvalue weighted by Crippen LogP contribution is -2.15. The van der Waals surface area contributed by atoms with E-state index < -0.39 is 0 Å². The Hall–Kier alpha value is -3.02. The van der Waals surface area contributed by atoms with Gasteiger partial charge in [0.25, 0.3) is 0 Å². The molecule has 0 saturated carbocycles. The molecule has 1 heterocycles. The maximum atomic E-state index is 13.1. The van der Waals surface area contributed by atoms with Crippen LogP contribution in [0.3, 0.4) is 0 Å². The van der Waals surface area contributed by atoms with Crippen molar-refractivity contribution >= 4 is 11.9 Å². The van der Waals surface area contributed by atoms with E-state index in [2.05, 4.69) is 20.5 Å². The van der Waals surface area contributed by atoms with Crippen molar-refractivity contribution in [2.75, 3.05) is 5.32 Å². The van der Waals surface area contributed by atoms with Gasteiger partial charge < -0.3 is 0 Å². The molecule has 22 heavy (non-hydrogen) atoms. The molecule has 1 amide bonds. The van der Waals surface area contributed by atoms with Crippen LogP contribution in [0.4, 0.5) is 10.3 Å². The molecule has 6 heteroatoms. The van der Waals surface area contributed by atoms with Gasteiger partial charge in [0.1, 0.15) is 5.82 Å². The van der Waals surface area contributed by atoms with Gasteiger partial charge in [0.2, 0.25) is 11.9 Å². The molecule has 0 unspecified atom stereocenters. The van der Waals surface area contributed by atoms with E-state index >= 15 is 0 Å². The van der Waals surface area contributed by atoms with Crippen LogP contribution in [0.1, 0.15) is 5.56 Å². The summed E-state index contributed by atoms with van der Waals surface area (Å²) >= 11 is 0. The van der Waals surface area contributed by atoms with Crippen LogP contribution in [0.5, 0.6) is 0 Å². The van der Waals surface area contributed by atoms with Crippen LogP contribution >= 0.6 is 0 Å². The molecule has 0 aliphatic heterocycles. The Balaban J connectivity index is 1.66. The first-order valence-corrected chi connectivity index (χ1v) is 6.73. The molecule has 5 nitrogen and oxygen atoms in total. The van der Waals surface area contributed by atoms with E-state index in [1.807, 2.05) is 30.3 Å². The van der Waals surface area contributed by atoms with Crippen molar-refractivity contribution < 1.29 is 9.18 Å². The molecule has 0 spiro atoms. The minimum atomic E-state index is -0.366. The van der Waals surface area contributed by atoms with Gasteiger partial charge in [0.15, 0.2) is 5.82 Å². The molecule has 2 aromatic carbocycles. The second-order valence-electron chi connectivity index (χ2n) is 4.73. The lowest BCUT2D eigenvalue weighted by atomic mass is 10.1. The predicted octanol–water partition coefficient (Wildman–Crippen LogP) is 2.79. The monoisotopic (exact) mass is 296 g/mol. The molecule has 0 radical (unpaired) electrons. The number of nitrogens with one attached hydrogen (secondary N) is 2. The molecule has 2 N–H and O–H groups in total. The third-order valence-electron chi connectivity index (χ3n) is 3.04. The predicted molar refractivity (Wildman–Crippen MR) is 80.6 cm³/mol. The second-order valence-corrected chi connectivity index (χ2v) is 4.73. The second kappa shape index (κ2) is 6.17. The van der Waals surface area contributed by atoms with Crippen LogP contribution in [-0.2, 0) is 11.2 Å². The number of aromatic nitrogens is 3. The van der Waals surface area contributed by atoms with Gasteiger partial charge in [-0.2, -0.15) is 4.98 Å². The Morgan fingerprint density at radius 3 is 2.73 bits per heavy atom. The summed E-state index contributed by atoms with van der Waals surface area (Å²) < 4.78 is 13.1. The minimum absolute atomic E-state index is 0.0625. The Bertz CT molecular complexity index is 786. The van der Waals surface area contributed by atoms with Crippen molar-refractivity contribution in [2.45, 2.75) is 6.42 Å². The zero-order chi connectivity index (χ0) is 15.4. The molecular weight excluding hydrogens is 283 g/mol. The number of nitrogens with zero attached hydrogens (tertiary/aromatic N) is 2. The maximum Gasteiger partial charge on any atom is 0.249 e. The van der Waals surface area contributed by atoms with Gasteiger partial charge in [-0.25, -0.2) is 4.39 Å². The molecule has 0 aliphatic carbocycles. The molecule has 3 rings (SSSR count). The number of carbonyl (C=O) groups is 1. The van der Waals surface area contributed by atoms with E-state index in [9.17, 15) is 9.18 Å². The average Bonchev–Trinajstić information content (AvgIpc) is 2.96. The Morgan fingerprint density at radius 2 is 1.95 bits per heavy atom. The SMILES string of the molecule is O=C(Cc1cccc(F)c1)Nc1n[nH]c(-c2ccccc2)n1. The van der Waals surface area contributed by atoms with Crippen LogP contribution in [0.15, 0.2) is 54.6 Å². The van der Waals surface area contributed by atoms with Gasteiger partial charge in [-0.05, 0) is 17.7 Å². The zero-order valence-corrected chi connectivity index (χ0v) is 11.6. The van der Waals surface area contributed by atoms with Gasteiger partial charge in [-0.3, -0.25) is 15.2 Å². The van der Waals surface area contributed by atoms with Crippen LogP contribution in [0.2, 0.25) is 0 Å². The number of H-pyrrole nitrogens is 1. The highest BCUT2D eigenvalue weighted by atomic mass is 19.1. The zero-order valence-electron chi connectivity index (χ0n) is 11.6. The van der Waals surface area contributed by atoms with E-state index in [1.165, 1.54) is 12.1 Å². The van der Waals surface area contributed by atoms with Gasteiger partial charge in [-0.15, -0.1) is 5.10 Å². The first-order valence-electron chi connectivity index (χ1n) is 6.73. The van der Waals surface area contributed by atoms with Gasteiger partial charge >= 0.3 is 0 Å². The van der Waals surface area contributed by atoms with Crippen molar-refractivity contribution in [1.82, 2.24) is 15.2 Å². The van der Waals surface area contributed by atoms with Gasteiger partial charge in [0.05, 0.1) is 6.42 Å². The highest BCUT2D eigenvalue weighted by molar-refractivity contribution is 5.90. The van der Waals surface area contributed by atoms with Crippen LogP contribution in [0, 0.1) is 5.82 Å². The van der Waals surface area contributed by atoms with Gasteiger partial charge in [-0.1, -0.05) is 42.5 Å². The van der Waals surface area contributed by atoms with E-state index in [1.54, 1.807) is 12.1 Å².